The number of halogens is 3. The molecule has 0 unspecified atom stereocenters. The Bertz CT molecular complexity index is 900. The third-order valence-corrected chi connectivity index (χ3v) is 3.75. The lowest BCUT2D eigenvalue weighted by Gasteiger charge is -2.10. The smallest absolute Gasteiger partial charge is 0.406 e. The van der Waals surface area contributed by atoms with Gasteiger partial charge in [-0.1, -0.05) is 13.8 Å². The lowest BCUT2D eigenvalue weighted by molar-refractivity contribution is -0.274. The molecule has 0 bridgehead atoms. The van der Waals surface area contributed by atoms with Crippen LogP contribution in [0.3, 0.4) is 0 Å². The molecule has 0 amide bonds. The molecular weight excluding hydrogens is 357 g/mol. The summed E-state index contributed by atoms with van der Waals surface area (Å²) in [7, 11) is 0. The Morgan fingerprint density at radius 1 is 1.04 bits per heavy atom. The van der Waals surface area contributed by atoms with Crippen molar-refractivity contribution in [1.29, 1.82) is 0 Å². The predicted molar refractivity (Wildman–Crippen MR) is 96.4 cm³/mol. The molecule has 0 aliphatic heterocycles. The molecule has 0 spiro atoms. The quantitative estimate of drug-likeness (QED) is 0.660. The van der Waals surface area contributed by atoms with E-state index in [1.807, 2.05) is 12.1 Å². The third-order valence-electron chi connectivity index (χ3n) is 3.75. The summed E-state index contributed by atoms with van der Waals surface area (Å²) >= 11 is 0. The van der Waals surface area contributed by atoms with Gasteiger partial charge in [-0.3, -0.25) is 0 Å². The number of nitrogens with zero attached hydrogens (tertiary/aromatic N) is 3. The first-order valence-electron chi connectivity index (χ1n) is 8.39. The summed E-state index contributed by atoms with van der Waals surface area (Å²) in [5.74, 6) is 1.30. The molecule has 1 heterocycles. The van der Waals surface area contributed by atoms with E-state index in [4.69, 9.17) is 5.73 Å². The van der Waals surface area contributed by atoms with Crippen molar-refractivity contribution in [3.63, 3.8) is 0 Å². The maximum absolute atomic E-state index is 12.3. The second kappa shape index (κ2) is 7.30. The average molecular weight is 376 g/mol. The summed E-state index contributed by atoms with van der Waals surface area (Å²) in [4.78, 5) is 4.61. The van der Waals surface area contributed by atoms with Gasteiger partial charge in [0.15, 0.2) is 5.82 Å². The van der Waals surface area contributed by atoms with Crippen LogP contribution in [-0.4, -0.2) is 21.1 Å². The highest BCUT2D eigenvalue weighted by atomic mass is 19.4. The van der Waals surface area contributed by atoms with Gasteiger partial charge < -0.3 is 10.5 Å². The molecular formula is C19H19F3N4O. The minimum absolute atomic E-state index is 0.282. The zero-order chi connectivity index (χ0) is 19.6. The fourth-order valence-corrected chi connectivity index (χ4v) is 2.59. The summed E-state index contributed by atoms with van der Waals surface area (Å²) in [5, 5.41) is 4.54. The number of nitrogens with two attached hydrogens (primary N) is 1. The maximum atomic E-state index is 12.3. The van der Waals surface area contributed by atoms with Gasteiger partial charge >= 0.3 is 6.36 Å². The van der Waals surface area contributed by atoms with Crippen LogP contribution in [0.25, 0.3) is 17.1 Å². The molecule has 0 fully saturated rings. The molecule has 27 heavy (non-hydrogen) atoms. The molecule has 0 atom stereocenters. The summed E-state index contributed by atoms with van der Waals surface area (Å²) in [6.45, 7) is 4.12. The molecule has 0 radical (unpaired) electrons. The average Bonchev–Trinajstić information content (AvgIpc) is 2.98. The van der Waals surface area contributed by atoms with E-state index in [0.717, 1.165) is 11.4 Å². The molecule has 2 N–H and O–H groups in total. The Morgan fingerprint density at radius 2 is 1.67 bits per heavy atom. The first kappa shape index (κ1) is 18.8. The van der Waals surface area contributed by atoms with E-state index in [1.165, 1.54) is 24.3 Å². The normalized spacial score (nSPS) is 11.8. The number of hydrogen-bond acceptors (Lipinski definition) is 4. The molecule has 2 aromatic carbocycles. The van der Waals surface area contributed by atoms with Crippen LogP contribution in [0.1, 0.15) is 19.7 Å². The van der Waals surface area contributed by atoms with Crippen molar-refractivity contribution in [3.05, 3.63) is 54.4 Å². The first-order chi connectivity index (χ1) is 12.7. The standard InChI is InChI=1S/C19H19F3N4O/c1-12(2)11-17-24-18(13-3-5-14(23)6-4-13)25-26(17)15-7-9-16(10-8-15)27-19(20,21)22/h3-10,12H,11,23H2,1-2H3. The third kappa shape index (κ3) is 4.78. The molecule has 0 aliphatic rings. The number of alkyl halides is 3. The van der Waals surface area contributed by atoms with Gasteiger partial charge in [-0.2, -0.15) is 0 Å². The molecule has 8 heteroatoms. The molecule has 0 saturated carbocycles. The number of anilines is 1. The van der Waals surface area contributed by atoms with E-state index in [-0.39, 0.29) is 5.75 Å². The molecule has 3 rings (SSSR count). The van der Waals surface area contributed by atoms with Gasteiger partial charge in [0.25, 0.3) is 0 Å². The Kier molecular flexibility index (Phi) is 5.07. The second-order valence-electron chi connectivity index (χ2n) is 6.53. The monoisotopic (exact) mass is 376 g/mol. The predicted octanol–water partition coefficient (Wildman–Crippen LogP) is 4.61. The van der Waals surface area contributed by atoms with Crippen LogP contribution < -0.4 is 10.5 Å². The number of benzene rings is 2. The van der Waals surface area contributed by atoms with Crippen LogP contribution in [0.4, 0.5) is 18.9 Å². The molecule has 0 aliphatic carbocycles. The van der Waals surface area contributed by atoms with Crippen LogP contribution in [-0.2, 0) is 6.42 Å². The van der Waals surface area contributed by atoms with Gasteiger partial charge in [-0.25, -0.2) is 9.67 Å². The fraction of sp³-hybridized carbons (Fsp3) is 0.263. The fourth-order valence-electron chi connectivity index (χ4n) is 2.59. The van der Waals surface area contributed by atoms with Crippen LogP contribution in [0.5, 0.6) is 5.75 Å². The number of aromatic nitrogens is 3. The Balaban J connectivity index is 1.96. The lowest BCUT2D eigenvalue weighted by atomic mass is 10.1. The van der Waals surface area contributed by atoms with Crippen molar-refractivity contribution in [2.75, 3.05) is 5.73 Å². The van der Waals surface area contributed by atoms with Crippen molar-refractivity contribution in [2.24, 2.45) is 5.92 Å². The van der Waals surface area contributed by atoms with E-state index < -0.39 is 6.36 Å². The number of ether oxygens (including phenoxy) is 1. The van der Waals surface area contributed by atoms with Gasteiger partial charge in [0.05, 0.1) is 5.69 Å². The number of hydrogen-bond donors (Lipinski definition) is 1. The van der Waals surface area contributed by atoms with Crippen molar-refractivity contribution < 1.29 is 17.9 Å². The molecule has 0 saturated heterocycles. The van der Waals surface area contributed by atoms with Crippen LogP contribution in [0.2, 0.25) is 0 Å². The van der Waals surface area contributed by atoms with Gasteiger partial charge in [-0.15, -0.1) is 18.3 Å². The molecule has 3 aromatic rings. The van der Waals surface area contributed by atoms with Crippen LogP contribution >= 0.6 is 0 Å². The summed E-state index contributed by atoms with van der Waals surface area (Å²) < 4.78 is 42.6. The van der Waals surface area contributed by atoms with Crippen molar-refractivity contribution in [2.45, 2.75) is 26.6 Å². The minimum Gasteiger partial charge on any atom is -0.406 e. The highest BCUT2D eigenvalue weighted by Crippen LogP contribution is 2.25. The summed E-state index contributed by atoms with van der Waals surface area (Å²) in [5.41, 5.74) is 7.77. The van der Waals surface area contributed by atoms with E-state index in [2.05, 4.69) is 28.7 Å². The zero-order valence-electron chi connectivity index (χ0n) is 14.9. The van der Waals surface area contributed by atoms with E-state index in [1.54, 1.807) is 16.8 Å². The largest absolute Gasteiger partial charge is 0.573 e. The maximum Gasteiger partial charge on any atom is 0.573 e. The van der Waals surface area contributed by atoms with Crippen molar-refractivity contribution >= 4 is 5.69 Å². The second-order valence-corrected chi connectivity index (χ2v) is 6.53. The Morgan fingerprint density at radius 3 is 2.22 bits per heavy atom. The van der Waals surface area contributed by atoms with E-state index in [0.29, 0.717) is 29.5 Å². The highest BCUT2D eigenvalue weighted by molar-refractivity contribution is 5.58. The molecule has 1 aromatic heterocycles. The van der Waals surface area contributed by atoms with Gasteiger partial charge in [0.1, 0.15) is 11.6 Å². The highest BCUT2D eigenvalue weighted by Gasteiger charge is 2.31. The molecule has 5 nitrogen and oxygen atoms in total. The first-order valence-corrected chi connectivity index (χ1v) is 8.39. The summed E-state index contributed by atoms with van der Waals surface area (Å²) in [6, 6.07) is 12.7. The number of rotatable bonds is 5. The Hall–Kier alpha value is -3.03. The Labute approximate surface area is 154 Å². The van der Waals surface area contributed by atoms with Crippen LogP contribution in [0, 0.1) is 5.92 Å². The minimum atomic E-state index is -4.72. The zero-order valence-corrected chi connectivity index (χ0v) is 14.9. The SMILES string of the molecule is CC(C)Cc1nc(-c2ccc(N)cc2)nn1-c1ccc(OC(F)(F)F)cc1. The topological polar surface area (TPSA) is 66.0 Å². The lowest BCUT2D eigenvalue weighted by Crippen LogP contribution is -2.17. The number of nitrogen functional groups attached to an aromatic ring is 1. The van der Waals surface area contributed by atoms with Gasteiger partial charge in [0.2, 0.25) is 0 Å². The summed E-state index contributed by atoms with van der Waals surface area (Å²) in [6.07, 6.45) is -4.05. The van der Waals surface area contributed by atoms with Crippen LogP contribution in [0.15, 0.2) is 48.5 Å². The van der Waals surface area contributed by atoms with E-state index >= 15 is 0 Å². The molecule has 142 valence electrons. The van der Waals surface area contributed by atoms with Gasteiger partial charge in [-0.05, 0) is 54.4 Å². The van der Waals surface area contributed by atoms with Gasteiger partial charge in [0, 0.05) is 17.7 Å². The van der Waals surface area contributed by atoms with Crippen molar-refractivity contribution in [1.82, 2.24) is 14.8 Å². The van der Waals surface area contributed by atoms with Crippen molar-refractivity contribution in [3.8, 4) is 22.8 Å². The van der Waals surface area contributed by atoms with E-state index in [9.17, 15) is 13.2 Å².